The maximum Gasteiger partial charge on any atom is 0.123 e. The highest BCUT2D eigenvalue weighted by Gasteiger charge is 2.02. The molecule has 0 aliphatic heterocycles. The molecular formula is C9H9Cl2FO. The molecule has 0 saturated heterocycles. The lowest BCUT2D eigenvalue weighted by atomic mass is 10.2. The minimum Gasteiger partial charge on any atom is -0.491 e. The summed E-state index contributed by atoms with van der Waals surface area (Å²) in [6.45, 7) is -0.462. The maximum absolute atomic E-state index is 11.8. The van der Waals surface area contributed by atoms with Gasteiger partial charge in [0.15, 0.2) is 0 Å². The SMILES string of the molecule is FCCOc1ccc(Cl)cc1CCl. The molecule has 0 aliphatic carbocycles. The zero-order valence-corrected chi connectivity index (χ0v) is 8.41. The molecule has 0 amide bonds. The molecule has 13 heavy (non-hydrogen) atoms. The van der Waals surface area contributed by atoms with Crippen LogP contribution in [0.25, 0.3) is 0 Å². The Kier molecular flexibility index (Phi) is 4.33. The highest BCUT2D eigenvalue weighted by atomic mass is 35.5. The Balaban J connectivity index is 2.79. The predicted molar refractivity (Wildman–Crippen MR) is 52.5 cm³/mol. The molecule has 0 bridgehead atoms. The average Bonchev–Trinajstić information content (AvgIpc) is 2.16. The zero-order valence-electron chi connectivity index (χ0n) is 6.90. The molecule has 0 heterocycles. The molecule has 0 atom stereocenters. The van der Waals surface area contributed by atoms with Crippen LogP contribution in [0.3, 0.4) is 0 Å². The van der Waals surface area contributed by atoms with Crippen LogP contribution >= 0.6 is 23.2 Å². The molecule has 0 N–H and O–H groups in total. The molecule has 1 nitrogen and oxygen atoms in total. The molecule has 0 saturated carbocycles. The fourth-order valence-electron chi connectivity index (χ4n) is 0.942. The quantitative estimate of drug-likeness (QED) is 0.710. The number of halogens is 3. The van der Waals surface area contributed by atoms with Crippen LogP contribution in [0.2, 0.25) is 5.02 Å². The van der Waals surface area contributed by atoms with Gasteiger partial charge in [0, 0.05) is 10.6 Å². The van der Waals surface area contributed by atoms with Crippen LogP contribution < -0.4 is 4.74 Å². The van der Waals surface area contributed by atoms with Crippen LogP contribution in [0.15, 0.2) is 18.2 Å². The number of ether oxygens (including phenoxy) is 1. The summed E-state index contributed by atoms with van der Waals surface area (Å²) < 4.78 is 16.9. The Labute approximate surface area is 86.4 Å². The van der Waals surface area contributed by atoms with Crippen LogP contribution in [0.5, 0.6) is 5.75 Å². The molecule has 0 radical (unpaired) electrons. The molecule has 72 valence electrons. The topological polar surface area (TPSA) is 9.23 Å². The van der Waals surface area contributed by atoms with Gasteiger partial charge in [-0.3, -0.25) is 0 Å². The third kappa shape index (κ3) is 3.05. The molecule has 0 fully saturated rings. The lowest BCUT2D eigenvalue weighted by Crippen LogP contribution is -2.00. The van der Waals surface area contributed by atoms with E-state index in [0.29, 0.717) is 16.7 Å². The summed E-state index contributed by atoms with van der Waals surface area (Å²) in [6.07, 6.45) is 0. The van der Waals surface area contributed by atoms with Gasteiger partial charge in [0.05, 0.1) is 5.88 Å². The van der Waals surface area contributed by atoms with E-state index in [1.165, 1.54) is 0 Å². The van der Waals surface area contributed by atoms with E-state index in [9.17, 15) is 4.39 Å². The molecule has 0 aromatic heterocycles. The van der Waals surface area contributed by atoms with Gasteiger partial charge in [-0.25, -0.2) is 4.39 Å². The van der Waals surface area contributed by atoms with Gasteiger partial charge in [-0.05, 0) is 18.2 Å². The van der Waals surface area contributed by atoms with Crippen LogP contribution in [0.1, 0.15) is 5.56 Å². The van der Waals surface area contributed by atoms with Crippen molar-refractivity contribution in [2.24, 2.45) is 0 Å². The van der Waals surface area contributed by atoms with Crippen molar-refractivity contribution >= 4 is 23.2 Å². The van der Waals surface area contributed by atoms with Crippen molar-refractivity contribution in [3.05, 3.63) is 28.8 Å². The highest BCUT2D eigenvalue weighted by molar-refractivity contribution is 6.30. The highest BCUT2D eigenvalue weighted by Crippen LogP contribution is 2.24. The fraction of sp³-hybridized carbons (Fsp3) is 0.333. The van der Waals surface area contributed by atoms with Crippen LogP contribution in [-0.4, -0.2) is 13.3 Å². The van der Waals surface area contributed by atoms with E-state index in [1.807, 2.05) is 0 Å². The normalized spacial score (nSPS) is 10.1. The van der Waals surface area contributed by atoms with Gasteiger partial charge in [-0.15, -0.1) is 11.6 Å². The van der Waals surface area contributed by atoms with Crippen molar-refractivity contribution in [3.63, 3.8) is 0 Å². The minimum atomic E-state index is -0.510. The summed E-state index contributed by atoms with van der Waals surface area (Å²) in [7, 11) is 0. The second-order valence-electron chi connectivity index (χ2n) is 2.42. The third-order valence-electron chi connectivity index (χ3n) is 1.50. The van der Waals surface area contributed by atoms with E-state index >= 15 is 0 Å². The van der Waals surface area contributed by atoms with Crippen molar-refractivity contribution in [2.45, 2.75) is 5.88 Å². The van der Waals surface area contributed by atoms with Crippen LogP contribution in [0.4, 0.5) is 4.39 Å². The van der Waals surface area contributed by atoms with E-state index in [0.717, 1.165) is 5.56 Å². The molecule has 0 unspecified atom stereocenters. The molecule has 0 aliphatic rings. The molecule has 1 rings (SSSR count). The summed E-state index contributed by atoms with van der Waals surface area (Å²) in [5.41, 5.74) is 0.780. The summed E-state index contributed by atoms with van der Waals surface area (Å²) in [5, 5.41) is 0.600. The zero-order chi connectivity index (χ0) is 9.68. The summed E-state index contributed by atoms with van der Waals surface area (Å²) in [4.78, 5) is 0. The summed E-state index contributed by atoms with van der Waals surface area (Å²) in [6, 6.07) is 5.09. The van der Waals surface area contributed by atoms with E-state index in [-0.39, 0.29) is 6.61 Å². The second kappa shape index (κ2) is 5.30. The maximum atomic E-state index is 11.8. The Morgan fingerprint density at radius 1 is 1.38 bits per heavy atom. The molecule has 1 aromatic rings. The lowest BCUT2D eigenvalue weighted by Gasteiger charge is -2.08. The van der Waals surface area contributed by atoms with E-state index in [2.05, 4.69) is 0 Å². The lowest BCUT2D eigenvalue weighted by molar-refractivity contribution is 0.271. The van der Waals surface area contributed by atoms with Gasteiger partial charge in [-0.2, -0.15) is 0 Å². The van der Waals surface area contributed by atoms with Gasteiger partial charge < -0.3 is 4.74 Å². The monoisotopic (exact) mass is 222 g/mol. The molecular weight excluding hydrogens is 214 g/mol. The minimum absolute atomic E-state index is 0.0471. The first kappa shape index (κ1) is 10.6. The van der Waals surface area contributed by atoms with Gasteiger partial charge >= 0.3 is 0 Å². The van der Waals surface area contributed by atoms with Crippen LogP contribution in [-0.2, 0) is 5.88 Å². The van der Waals surface area contributed by atoms with E-state index < -0.39 is 6.67 Å². The first-order valence-corrected chi connectivity index (χ1v) is 4.72. The second-order valence-corrected chi connectivity index (χ2v) is 3.13. The number of benzene rings is 1. The number of rotatable bonds is 4. The van der Waals surface area contributed by atoms with Crippen LogP contribution in [0, 0.1) is 0 Å². The Bertz CT molecular complexity index is 278. The number of alkyl halides is 2. The first-order valence-electron chi connectivity index (χ1n) is 3.81. The third-order valence-corrected chi connectivity index (χ3v) is 2.02. The van der Waals surface area contributed by atoms with Crippen molar-refractivity contribution in [1.82, 2.24) is 0 Å². The first-order chi connectivity index (χ1) is 6.27. The van der Waals surface area contributed by atoms with E-state index in [4.69, 9.17) is 27.9 Å². The van der Waals surface area contributed by atoms with Gasteiger partial charge in [-0.1, -0.05) is 11.6 Å². The standard InChI is InChI=1S/C9H9Cl2FO/c10-6-7-5-8(11)1-2-9(7)13-4-3-12/h1-2,5H,3-4,6H2. The summed E-state index contributed by atoms with van der Waals surface area (Å²) >= 11 is 11.4. The Hall–Kier alpha value is -0.470. The smallest absolute Gasteiger partial charge is 0.123 e. The largest absolute Gasteiger partial charge is 0.491 e. The average molecular weight is 223 g/mol. The Morgan fingerprint density at radius 3 is 2.77 bits per heavy atom. The van der Waals surface area contributed by atoms with E-state index in [1.54, 1.807) is 18.2 Å². The predicted octanol–water partition coefficient (Wildman–Crippen LogP) is 3.43. The van der Waals surface area contributed by atoms with Gasteiger partial charge in [0.2, 0.25) is 0 Å². The number of hydrogen-bond donors (Lipinski definition) is 0. The van der Waals surface area contributed by atoms with Crippen molar-refractivity contribution < 1.29 is 9.13 Å². The molecule has 0 spiro atoms. The molecule has 4 heteroatoms. The fourth-order valence-corrected chi connectivity index (χ4v) is 1.35. The van der Waals surface area contributed by atoms with Crippen molar-refractivity contribution in [1.29, 1.82) is 0 Å². The number of hydrogen-bond acceptors (Lipinski definition) is 1. The summed E-state index contributed by atoms with van der Waals surface area (Å²) in [5.74, 6) is 0.902. The Morgan fingerprint density at radius 2 is 2.15 bits per heavy atom. The van der Waals surface area contributed by atoms with Crippen molar-refractivity contribution in [3.8, 4) is 5.75 Å². The molecule has 1 aromatic carbocycles. The van der Waals surface area contributed by atoms with Gasteiger partial charge in [0.1, 0.15) is 19.0 Å². The van der Waals surface area contributed by atoms with Crippen molar-refractivity contribution in [2.75, 3.05) is 13.3 Å². The van der Waals surface area contributed by atoms with Gasteiger partial charge in [0.25, 0.3) is 0 Å².